The summed E-state index contributed by atoms with van der Waals surface area (Å²) in [7, 11) is 0. The first-order chi connectivity index (χ1) is 17.4. The second-order valence-corrected chi connectivity index (χ2v) is 8.33. The SMILES string of the molecule is C=C(N/C(C)=N/c1ccccc1C)c1cccc(Cn2nc(-c3ccc(CN=O)nc3)ccc2=O)c1. The molecule has 4 rings (SSSR count). The van der Waals surface area contributed by atoms with Crippen molar-refractivity contribution >= 4 is 17.2 Å². The fourth-order valence-corrected chi connectivity index (χ4v) is 3.67. The molecule has 1 N–H and O–H groups in total. The van der Waals surface area contributed by atoms with Crippen LogP contribution in [-0.4, -0.2) is 20.6 Å². The number of aryl methyl sites for hydroxylation is 1. The minimum Gasteiger partial charge on any atom is -0.344 e. The third kappa shape index (κ3) is 6.04. The molecule has 0 radical (unpaired) electrons. The van der Waals surface area contributed by atoms with Gasteiger partial charge in [-0.1, -0.05) is 48.2 Å². The number of nitroso groups, excluding NO2 is 1. The van der Waals surface area contributed by atoms with Crippen molar-refractivity contribution in [2.75, 3.05) is 0 Å². The molecular weight excluding hydrogens is 452 g/mol. The lowest BCUT2D eigenvalue weighted by atomic mass is 10.1. The van der Waals surface area contributed by atoms with Gasteiger partial charge in [0.15, 0.2) is 0 Å². The normalized spacial score (nSPS) is 11.2. The molecule has 0 aliphatic carbocycles. The van der Waals surface area contributed by atoms with Crippen LogP contribution in [0.4, 0.5) is 5.69 Å². The van der Waals surface area contributed by atoms with E-state index in [4.69, 9.17) is 0 Å². The smallest absolute Gasteiger partial charge is 0.267 e. The van der Waals surface area contributed by atoms with E-state index in [1.54, 1.807) is 18.3 Å². The standard InChI is InChI=1S/C28H26N6O2/c1-19-7-4-5-10-26(19)32-21(3)31-20(2)23-9-6-8-22(15-23)18-34-28(35)14-13-27(33-34)24-11-12-25(17-30-36)29-16-24/h4-16H,2,17-18H2,1,3H3,(H,31,32). The molecule has 2 aromatic heterocycles. The van der Waals surface area contributed by atoms with Gasteiger partial charge in [0.25, 0.3) is 5.56 Å². The van der Waals surface area contributed by atoms with Crippen molar-refractivity contribution in [2.45, 2.75) is 26.9 Å². The molecule has 0 unspecified atom stereocenters. The van der Waals surface area contributed by atoms with Gasteiger partial charge in [-0.05, 0) is 60.9 Å². The molecule has 0 saturated heterocycles. The Labute approximate surface area is 209 Å². The van der Waals surface area contributed by atoms with Gasteiger partial charge in [-0.25, -0.2) is 9.67 Å². The van der Waals surface area contributed by atoms with Gasteiger partial charge in [0.2, 0.25) is 0 Å². The van der Waals surface area contributed by atoms with Crippen molar-refractivity contribution in [1.82, 2.24) is 20.1 Å². The van der Waals surface area contributed by atoms with E-state index in [1.165, 1.54) is 10.7 Å². The lowest BCUT2D eigenvalue weighted by molar-refractivity contribution is 0.642. The summed E-state index contributed by atoms with van der Waals surface area (Å²) >= 11 is 0. The molecule has 8 nitrogen and oxygen atoms in total. The summed E-state index contributed by atoms with van der Waals surface area (Å²) in [6.07, 6.45) is 1.62. The number of para-hydroxylation sites is 1. The maximum Gasteiger partial charge on any atom is 0.267 e. The number of rotatable bonds is 8. The van der Waals surface area contributed by atoms with Crippen molar-refractivity contribution in [3.05, 3.63) is 123 Å². The van der Waals surface area contributed by atoms with Crippen LogP contribution in [0, 0.1) is 11.8 Å². The zero-order chi connectivity index (χ0) is 25.5. The number of benzene rings is 2. The van der Waals surface area contributed by atoms with Crippen LogP contribution >= 0.6 is 0 Å². The third-order valence-electron chi connectivity index (χ3n) is 5.56. The minimum atomic E-state index is -0.211. The first-order valence-corrected chi connectivity index (χ1v) is 11.4. The van der Waals surface area contributed by atoms with E-state index in [9.17, 15) is 9.70 Å². The van der Waals surface area contributed by atoms with E-state index in [0.717, 1.165) is 33.8 Å². The molecular formula is C28H26N6O2. The second-order valence-electron chi connectivity index (χ2n) is 8.33. The van der Waals surface area contributed by atoms with Crippen LogP contribution in [0.3, 0.4) is 0 Å². The van der Waals surface area contributed by atoms with Crippen molar-refractivity contribution in [3.8, 4) is 11.3 Å². The molecule has 0 aliphatic heterocycles. The number of hydrogen-bond donors (Lipinski definition) is 1. The number of nitrogens with one attached hydrogen (secondary N) is 1. The van der Waals surface area contributed by atoms with Gasteiger partial charge in [0.1, 0.15) is 12.4 Å². The Balaban J connectivity index is 1.51. The molecule has 0 fully saturated rings. The van der Waals surface area contributed by atoms with Crippen molar-refractivity contribution < 1.29 is 0 Å². The molecule has 4 aromatic rings. The molecule has 0 aliphatic rings. The van der Waals surface area contributed by atoms with E-state index in [1.807, 2.05) is 68.4 Å². The predicted octanol–water partition coefficient (Wildman–Crippen LogP) is 5.24. The maximum atomic E-state index is 12.5. The summed E-state index contributed by atoms with van der Waals surface area (Å²) in [5.74, 6) is 0.730. The topological polar surface area (TPSA) is 102 Å². The molecule has 0 saturated carbocycles. The quantitative estimate of drug-likeness (QED) is 0.212. The van der Waals surface area contributed by atoms with Crippen LogP contribution in [0.15, 0.2) is 101 Å². The number of aliphatic imine (C=N–C) groups is 1. The van der Waals surface area contributed by atoms with Crippen LogP contribution in [0.1, 0.15) is 29.3 Å². The Morgan fingerprint density at radius 3 is 2.64 bits per heavy atom. The molecule has 0 bridgehead atoms. The van der Waals surface area contributed by atoms with Crippen molar-refractivity contribution in [2.24, 2.45) is 10.2 Å². The zero-order valence-electron chi connectivity index (χ0n) is 20.2. The van der Waals surface area contributed by atoms with Gasteiger partial charge in [0, 0.05) is 23.5 Å². The highest BCUT2D eigenvalue weighted by molar-refractivity contribution is 5.90. The largest absolute Gasteiger partial charge is 0.344 e. The number of nitrogens with zero attached hydrogens (tertiary/aromatic N) is 5. The highest BCUT2D eigenvalue weighted by Crippen LogP contribution is 2.19. The number of amidine groups is 1. The summed E-state index contributed by atoms with van der Waals surface area (Å²) in [5.41, 5.74) is 6.21. The van der Waals surface area contributed by atoms with Crippen molar-refractivity contribution in [3.63, 3.8) is 0 Å². The van der Waals surface area contributed by atoms with Crippen LogP contribution in [-0.2, 0) is 13.1 Å². The fraction of sp³-hybridized carbons (Fsp3) is 0.143. The minimum absolute atomic E-state index is 0.0149. The summed E-state index contributed by atoms with van der Waals surface area (Å²) in [5, 5.41) is 10.6. The van der Waals surface area contributed by atoms with E-state index in [0.29, 0.717) is 23.6 Å². The lowest BCUT2D eigenvalue weighted by Crippen LogP contribution is -2.23. The van der Waals surface area contributed by atoms with Crippen LogP contribution in [0.2, 0.25) is 0 Å². The highest BCUT2D eigenvalue weighted by Gasteiger charge is 2.08. The van der Waals surface area contributed by atoms with Crippen LogP contribution in [0.5, 0.6) is 0 Å². The number of hydrogen-bond acceptors (Lipinski definition) is 6. The van der Waals surface area contributed by atoms with E-state index in [2.05, 4.69) is 32.1 Å². The highest BCUT2D eigenvalue weighted by atomic mass is 16.3. The van der Waals surface area contributed by atoms with Gasteiger partial charge >= 0.3 is 0 Å². The Bertz CT molecular complexity index is 1490. The fourth-order valence-electron chi connectivity index (χ4n) is 3.67. The zero-order valence-corrected chi connectivity index (χ0v) is 20.2. The summed E-state index contributed by atoms with van der Waals surface area (Å²) in [6, 6.07) is 22.4. The van der Waals surface area contributed by atoms with Crippen LogP contribution in [0.25, 0.3) is 17.0 Å². The summed E-state index contributed by atoms with van der Waals surface area (Å²) in [4.78, 5) is 31.8. The first-order valence-electron chi connectivity index (χ1n) is 11.4. The van der Waals surface area contributed by atoms with Gasteiger partial charge in [-0.2, -0.15) is 10.0 Å². The number of aromatic nitrogens is 3. The van der Waals surface area contributed by atoms with Crippen LogP contribution < -0.4 is 10.9 Å². The molecule has 0 spiro atoms. The maximum absolute atomic E-state index is 12.5. The van der Waals surface area contributed by atoms with E-state index < -0.39 is 0 Å². The number of pyridine rings is 1. The van der Waals surface area contributed by atoms with Gasteiger partial charge in [-0.15, -0.1) is 0 Å². The Kier molecular flexibility index (Phi) is 7.55. The van der Waals surface area contributed by atoms with Gasteiger partial charge in [-0.3, -0.25) is 9.78 Å². The monoisotopic (exact) mass is 478 g/mol. The molecule has 36 heavy (non-hydrogen) atoms. The molecule has 2 heterocycles. The molecule has 0 amide bonds. The molecule has 8 heteroatoms. The second kappa shape index (κ2) is 11.1. The average Bonchev–Trinajstić information content (AvgIpc) is 2.87. The Hall–Kier alpha value is -4.72. The first kappa shape index (κ1) is 24.4. The van der Waals surface area contributed by atoms with Gasteiger partial charge in [0.05, 0.1) is 23.6 Å². The van der Waals surface area contributed by atoms with E-state index in [-0.39, 0.29) is 12.1 Å². The third-order valence-corrected chi connectivity index (χ3v) is 5.56. The summed E-state index contributed by atoms with van der Waals surface area (Å²) < 4.78 is 1.41. The molecule has 180 valence electrons. The predicted molar refractivity (Wildman–Crippen MR) is 143 cm³/mol. The van der Waals surface area contributed by atoms with Gasteiger partial charge < -0.3 is 5.32 Å². The lowest BCUT2D eigenvalue weighted by Gasteiger charge is -2.12. The van der Waals surface area contributed by atoms with Crippen molar-refractivity contribution in [1.29, 1.82) is 0 Å². The van der Waals surface area contributed by atoms with E-state index >= 15 is 0 Å². The molecule has 0 atom stereocenters. The average molecular weight is 479 g/mol. The Morgan fingerprint density at radius 2 is 1.89 bits per heavy atom. The Morgan fingerprint density at radius 1 is 1.06 bits per heavy atom. The molecule has 2 aromatic carbocycles. The summed E-state index contributed by atoms with van der Waals surface area (Å²) in [6.45, 7) is 8.39.